The van der Waals surface area contributed by atoms with E-state index in [1.165, 1.54) is 11.9 Å². The van der Waals surface area contributed by atoms with Crippen molar-refractivity contribution < 1.29 is 19.0 Å². The topological polar surface area (TPSA) is 70.8 Å². The van der Waals surface area contributed by atoms with E-state index in [4.69, 9.17) is 19.3 Å². The van der Waals surface area contributed by atoms with Crippen LogP contribution in [0, 0.1) is 5.92 Å². The molecule has 5 nitrogen and oxygen atoms in total. The summed E-state index contributed by atoms with van der Waals surface area (Å²) in [6.45, 7) is 10.8. The van der Waals surface area contributed by atoms with Crippen LogP contribution in [0.2, 0.25) is 0 Å². The van der Waals surface area contributed by atoms with Crippen LogP contribution in [0.4, 0.5) is 0 Å². The van der Waals surface area contributed by atoms with Crippen LogP contribution in [0.3, 0.4) is 0 Å². The maximum atomic E-state index is 12.5. The summed E-state index contributed by atoms with van der Waals surface area (Å²) >= 11 is 1.38. The summed E-state index contributed by atoms with van der Waals surface area (Å²) in [5, 5.41) is 5.22. The van der Waals surface area contributed by atoms with Crippen LogP contribution < -0.4 is 14.6 Å². The van der Waals surface area contributed by atoms with Crippen LogP contribution in [0.5, 0.6) is 11.5 Å². The summed E-state index contributed by atoms with van der Waals surface area (Å²) in [6.07, 6.45) is 0. The summed E-state index contributed by atoms with van der Waals surface area (Å²) in [5.41, 5.74) is 1.87. The molecule has 0 bridgehead atoms. The molecule has 0 aliphatic carbocycles. The SMILES string of the molecule is CC(C)(C)SN.CC(C)C(C(=O)OCc1ccc2c(c1)OCO2)c1ccccc1. The van der Waals surface area contributed by atoms with Gasteiger partial charge in [-0.25, -0.2) is 0 Å². The van der Waals surface area contributed by atoms with Crippen LogP contribution in [0.15, 0.2) is 48.5 Å². The lowest BCUT2D eigenvalue weighted by Gasteiger charge is -2.20. The lowest BCUT2D eigenvalue weighted by Crippen LogP contribution is -2.20. The molecule has 6 heteroatoms. The number of nitrogens with two attached hydrogens (primary N) is 1. The number of hydrogen-bond donors (Lipinski definition) is 1. The first kappa shape index (κ1) is 23.1. The summed E-state index contributed by atoms with van der Waals surface area (Å²) < 4.78 is 16.4. The minimum atomic E-state index is -0.259. The van der Waals surface area contributed by atoms with Crippen molar-refractivity contribution in [2.75, 3.05) is 6.79 Å². The molecule has 0 aromatic heterocycles. The Labute approximate surface area is 178 Å². The van der Waals surface area contributed by atoms with Gasteiger partial charge in [-0.1, -0.05) is 62.2 Å². The van der Waals surface area contributed by atoms with Gasteiger partial charge >= 0.3 is 5.97 Å². The van der Waals surface area contributed by atoms with E-state index in [1.807, 2.05) is 62.4 Å². The van der Waals surface area contributed by atoms with E-state index in [2.05, 4.69) is 20.8 Å². The van der Waals surface area contributed by atoms with Gasteiger partial charge in [-0.05, 0) is 49.9 Å². The van der Waals surface area contributed by atoms with Crippen LogP contribution in [0.25, 0.3) is 0 Å². The molecule has 158 valence electrons. The minimum absolute atomic E-state index is 0.168. The number of fused-ring (bicyclic) bond motifs is 1. The number of benzene rings is 2. The van der Waals surface area contributed by atoms with Gasteiger partial charge in [0.1, 0.15) is 6.61 Å². The maximum Gasteiger partial charge on any atom is 0.314 e. The van der Waals surface area contributed by atoms with Crippen LogP contribution in [-0.2, 0) is 16.1 Å². The van der Waals surface area contributed by atoms with Crippen LogP contribution in [-0.4, -0.2) is 17.5 Å². The summed E-state index contributed by atoms with van der Waals surface area (Å²) in [4.78, 5) is 12.5. The van der Waals surface area contributed by atoms with Gasteiger partial charge in [0.25, 0.3) is 0 Å². The molecule has 1 heterocycles. The summed E-state index contributed by atoms with van der Waals surface area (Å²) in [7, 11) is 0. The van der Waals surface area contributed by atoms with E-state index in [9.17, 15) is 4.79 Å². The van der Waals surface area contributed by atoms with Crippen molar-refractivity contribution in [1.82, 2.24) is 0 Å². The molecule has 0 fully saturated rings. The number of ether oxygens (including phenoxy) is 3. The molecular weight excluding hydrogens is 386 g/mol. The second-order valence-corrected chi connectivity index (χ2v) is 9.62. The molecule has 2 aromatic carbocycles. The number of carbonyl (C=O) groups excluding carboxylic acids is 1. The van der Waals surface area contributed by atoms with Crippen molar-refractivity contribution in [2.24, 2.45) is 11.1 Å². The smallest absolute Gasteiger partial charge is 0.314 e. The van der Waals surface area contributed by atoms with E-state index in [1.54, 1.807) is 0 Å². The zero-order valence-corrected chi connectivity index (χ0v) is 18.6. The predicted molar refractivity (Wildman–Crippen MR) is 118 cm³/mol. The minimum Gasteiger partial charge on any atom is -0.460 e. The van der Waals surface area contributed by atoms with E-state index in [0.29, 0.717) is 5.75 Å². The first-order chi connectivity index (χ1) is 13.7. The molecule has 0 saturated carbocycles. The van der Waals surface area contributed by atoms with Crippen LogP contribution >= 0.6 is 11.9 Å². The molecule has 1 aliphatic rings. The Hall–Kier alpha value is -2.18. The lowest BCUT2D eigenvalue weighted by molar-refractivity contribution is -0.148. The second kappa shape index (κ2) is 10.6. The van der Waals surface area contributed by atoms with E-state index >= 15 is 0 Å². The third-order valence-corrected chi connectivity index (χ3v) is 4.96. The quantitative estimate of drug-likeness (QED) is 0.526. The highest BCUT2D eigenvalue weighted by Gasteiger charge is 2.25. The fourth-order valence-corrected chi connectivity index (χ4v) is 2.73. The lowest BCUT2D eigenvalue weighted by atomic mass is 9.88. The molecule has 0 amide bonds. The highest BCUT2D eigenvalue weighted by atomic mass is 32.2. The molecule has 0 spiro atoms. The fraction of sp³-hybridized carbons (Fsp3) is 0.435. The monoisotopic (exact) mass is 417 g/mol. The van der Waals surface area contributed by atoms with E-state index in [0.717, 1.165) is 16.9 Å². The van der Waals surface area contributed by atoms with Crippen molar-refractivity contribution in [3.05, 3.63) is 59.7 Å². The highest BCUT2D eigenvalue weighted by molar-refractivity contribution is 7.98. The second-order valence-electron chi connectivity index (χ2n) is 8.16. The molecule has 2 aromatic rings. The molecule has 1 aliphatic heterocycles. The van der Waals surface area contributed by atoms with Crippen molar-refractivity contribution in [3.63, 3.8) is 0 Å². The average Bonchev–Trinajstić information content (AvgIpc) is 3.15. The Bertz CT molecular complexity index is 787. The maximum absolute atomic E-state index is 12.5. The molecule has 29 heavy (non-hydrogen) atoms. The van der Waals surface area contributed by atoms with Gasteiger partial charge in [-0.15, -0.1) is 0 Å². The Morgan fingerprint density at radius 3 is 2.31 bits per heavy atom. The van der Waals surface area contributed by atoms with E-state index in [-0.39, 0.29) is 36.0 Å². The molecule has 2 N–H and O–H groups in total. The zero-order chi connectivity index (χ0) is 21.4. The number of esters is 1. The molecular formula is C23H31NO4S. The third-order valence-electron chi connectivity index (χ3n) is 4.25. The molecule has 1 unspecified atom stereocenters. The fourth-order valence-electron chi connectivity index (χ4n) is 2.73. The molecule has 3 rings (SSSR count). The van der Waals surface area contributed by atoms with Gasteiger partial charge in [-0.2, -0.15) is 0 Å². The predicted octanol–water partition coefficient (Wildman–Crippen LogP) is 5.29. The Morgan fingerprint density at radius 2 is 1.72 bits per heavy atom. The third kappa shape index (κ3) is 7.29. The van der Waals surface area contributed by atoms with Gasteiger partial charge in [0, 0.05) is 4.75 Å². The molecule has 0 saturated heterocycles. The summed E-state index contributed by atoms with van der Waals surface area (Å²) in [5.74, 6) is 1.13. The first-order valence-corrected chi connectivity index (χ1v) is 10.6. The first-order valence-electron chi connectivity index (χ1n) is 9.69. The van der Waals surface area contributed by atoms with Gasteiger partial charge in [0.2, 0.25) is 6.79 Å². The number of hydrogen-bond acceptors (Lipinski definition) is 6. The summed E-state index contributed by atoms with van der Waals surface area (Å²) in [6, 6.07) is 15.3. The Balaban J connectivity index is 0.000000438. The van der Waals surface area contributed by atoms with Crippen LogP contribution in [0.1, 0.15) is 51.7 Å². The van der Waals surface area contributed by atoms with Crippen molar-refractivity contribution in [2.45, 2.75) is 51.9 Å². The van der Waals surface area contributed by atoms with Gasteiger partial charge in [0.15, 0.2) is 11.5 Å². The Morgan fingerprint density at radius 1 is 1.10 bits per heavy atom. The van der Waals surface area contributed by atoms with Crippen molar-refractivity contribution in [3.8, 4) is 11.5 Å². The van der Waals surface area contributed by atoms with Gasteiger partial charge in [0.05, 0.1) is 5.92 Å². The van der Waals surface area contributed by atoms with Gasteiger partial charge < -0.3 is 14.2 Å². The van der Waals surface area contributed by atoms with Crippen molar-refractivity contribution >= 4 is 17.9 Å². The largest absolute Gasteiger partial charge is 0.460 e. The normalized spacial score (nSPS) is 13.5. The highest BCUT2D eigenvalue weighted by Crippen LogP contribution is 2.33. The zero-order valence-electron chi connectivity index (χ0n) is 17.8. The standard InChI is InChI=1S/C19H20O4.C4H11NS/c1-13(2)18(15-6-4-3-5-7-15)19(20)21-11-14-8-9-16-17(10-14)23-12-22-16;1-4(2,3)6-5/h3-10,13,18H,11-12H2,1-2H3;5H2,1-3H3. The molecule has 1 atom stereocenters. The van der Waals surface area contributed by atoms with Crippen molar-refractivity contribution in [1.29, 1.82) is 0 Å². The van der Waals surface area contributed by atoms with E-state index < -0.39 is 0 Å². The number of rotatable bonds is 5. The average molecular weight is 418 g/mol. The molecule has 0 radical (unpaired) electrons. The number of carbonyl (C=O) groups is 1. The Kier molecular flexibility index (Phi) is 8.41. The van der Waals surface area contributed by atoms with Gasteiger partial charge in [-0.3, -0.25) is 9.93 Å².